The Bertz CT molecular complexity index is 276. The maximum absolute atomic E-state index is 8.66. The van der Waals surface area contributed by atoms with Crippen molar-refractivity contribution >= 4 is 0 Å². The number of aryl methyl sites for hydroxylation is 2. The summed E-state index contributed by atoms with van der Waals surface area (Å²) in [5.41, 5.74) is 0. The monoisotopic (exact) mass is 304 g/mol. The number of unbranched alkanes of at least 4 members (excludes halogenated alkanes) is 4. The third kappa shape index (κ3) is 7.55. The average Bonchev–Trinajstić information content (AvgIpc) is 2.74. The van der Waals surface area contributed by atoms with Gasteiger partial charge in [-0.15, -0.1) is 0 Å². The van der Waals surface area contributed by atoms with Gasteiger partial charge in [0, 0.05) is 6.61 Å². The topological polar surface area (TPSA) is 29.0 Å². The van der Waals surface area contributed by atoms with E-state index in [0.717, 1.165) is 25.9 Å². The van der Waals surface area contributed by atoms with Crippen LogP contribution in [0, 0.1) is 0 Å². The van der Waals surface area contributed by atoms with Gasteiger partial charge in [0.05, 0.1) is 13.1 Å². The lowest BCUT2D eigenvalue weighted by Gasteiger charge is -1.97. The van der Waals surface area contributed by atoms with Gasteiger partial charge in [0.15, 0.2) is 0 Å². The van der Waals surface area contributed by atoms with Gasteiger partial charge in [-0.05, 0) is 25.7 Å². The quantitative estimate of drug-likeness (QED) is 0.466. The molecule has 4 heteroatoms. The Morgan fingerprint density at radius 3 is 2.59 bits per heavy atom. The van der Waals surface area contributed by atoms with Crippen molar-refractivity contribution in [3.8, 4) is 0 Å². The van der Waals surface area contributed by atoms with Crippen molar-refractivity contribution in [2.24, 2.45) is 0 Å². The van der Waals surface area contributed by atoms with Crippen molar-refractivity contribution in [1.29, 1.82) is 0 Å². The molecule has 1 aromatic heterocycles. The Kier molecular flexibility index (Phi) is 10.6. The third-order valence-corrected chi connectivity index (χ3v) is 2.84. The molecule has 0 aliphatic heterocycles. The maximum atomic E-state index is 8.66. The first-order valence-corrected chi connectivity index (χ1v) is 6.52. The van der Waals surface area contributed by atoms with Crippen LogP contribution in [0.15, 0.2) is 18.7 Å². The fourth-order valence-electron chi connectivity index (χ4n) is 1.80. The summed E-state index contributed by atoms with van der Waals surface area (Å²) in [5.74, 6) is 0. The number of aliphatic hydroxyl groups excluding tert-OH is 1. The lowest BCUT2D eigenvalue weighted by atomic mass is 10.2. The minimum atomic E-state index is 0. The standard InChI is InChI=1S/C13H25N2O.BrH/c1-2-3-8-14-10-11-15(13-14)9-6-4-5-7-12-16;/h10-11,13,16H,2-9,12H2,1H3;1H/q+1;/p-1. The molecule has 0 amide bonds. The molecule has 0 aliphatic carbocycles. The van der Waals surface area contributed by atoms with Crippen LogP contribution in [0.1, 0.15) is 45.4 Å². The van der Waals surface area contributed by atoms with Gasteiger partial charge in [-0.25, -0.2) is 9.13 Å². The van der Waals surface area contributed by atoms with E-state index in [0.29, 0.717) is 6.61 Å². The number of imidazole rings is 1. The van der Waals surface area contributed by atoms with Crippen LogP contribution in [0.4, 0.5) is 0 Å². The van der Waals surface area contributed by atoms with Crippen molar-refractivity contribution in [1.82, 2.24) is 4.57 Å². The van der Waals surface area contributed by atoms with E-state index in [-0.39, 0.29) is 17.0 Å². The van der Waals surface area contributed by atoms with E-state index in [1.165, 1.54) is 25.7 Å². The van der Waals surface area contributed by atoms with Crippen molar-refractivity contribution in [3.05, 3.63) is 18.7 Å². The number of aromatic nitrogens is 2. The van der Waals surface area contributed by atoms with Crippen LogP contribution >= 0.6 is 0 Å². The molecule has 1 rings (SSSR count). The predicted molar refractivity (Wildman–Crippen MR) is 65.1 cm³/mol. The number of hydrogen-bond acceptors (Lipinski definition) is 1. The van der Waals surface area contributed by atoms with Crippen LogP contribution in [-0.2, 0) is 13.1 Å². The van der Waals surface area contributed by atoms with Crippen LogP contribution in [0.3, 0.4) is 0 Å². The van der Waals surface area contributed by atoms with E-state index >= 15 is 0 Å². The third-order valence-electron chi connectivity index (χ3n) is 2.84. The van der Waals surface area contributed by atoms with Crippen LogP contribution in [0.2, 0.25) is 0 Å². The SMILES string of the molecule is CCCCn1cc[n+](CCCCCCO)c1.[Br-]. The molecular weight excluding hydrogens is 280 g/mol. The zero-order chi connectivity index (χ0) is 11.6. The Hall–Kier alpha value is -0.350. The summed E-state index contributed by atoms with van der Waals surface area (Å²) in [4.78, 5) is 0. The molecule has 3 nitrogen and oxygen atoms in total. The molecule has 0 aliphatic rings. The second kappa shape index (κ2) is 10.8. The van der Waals surface area contributed by atoms with Gasteiger partial charge in [-0.2, -0.15) is 0 Å². The fraction of sp³-hybridized carbons (Fsp3) is 0.769. The normalized spacial score (nSPS) is 10.2. The number of halogens is 1. The number of nitrogens with zero attached hydrogens (tertiary/aromatic N) is 2. The molecule has 0 atom stereocenters. The number of hydrogen-bond donors (Lipinski definition) is 1. The fourth-order valence-corrected chi connectivity index (χ4v) is 1.80. The van der Waals surface area contributed by atoms with E-state index in [1.807, 2.05) is 0 Å². The van der Waals surface area contributed by atoms with E-state index in [4.69, 9.17) is 5.11 Å². The highest BCUT2D eigenvalue weighted by Crippen LogP contribution is 1.99. The second-order valence-corrected chi connectivity index (χ2v) is 4.38. The van der Waals surface area contributed by atoms with Crippen LogP contribution in [0.5, 0.6) is 0 Å². The number of aliphatic hydroxyl groups is 1. The number of rotatable bonds is 9. The molecule has 0 unspecified atom stereocenters. The van der Waals surface area contributed by atoms with E-state index in [1.54, 1.807) is 0 Å². The van der Waals surface area contributed by atoms with E-state index in [9.17, 15) is 0 Å². The first kappa shape index (κ1) is 16.6. The molecule has 17 heavy (non-hydrogen) atoms. The first-order valence-electron chi connectivity index (χ1n) is 6.52. The van der Waals surface area contributed by atoms with Gasteiger partial charge in [0.2, 0.25) is 6.33 Å². The molecule has 1 aromatic rings. The van der Waals surface area contributed by atoms with Gasteiger partial charge in [0.25, 0.3) is 0 Å². The van der Waals surface area contributed by atoms with Gasteiger partial charge in [-0.1, -0.05) is 19.8 Å². The second-order valence-electron chi connectivity index (χ2n) is 4.38. The summed E-state index contributed by atoms with van der Waals surface area (Å²) in [6.45, 7) is 4.79. The molecule has 0 fully saturated rings. The Morgan fingerprint density at radius 1 is 1.12 bits per heavy atom. The van der Waals surface area contributed by atoms with Gasteiger partial charge in [-0.3, -0.25) is 0 Å². The van der Waals surface area contributed by atoms with Crippen molar-refractivity contribution in [3.63, 3.8) is 0 Å². The summed E-state index contributed by atoms with van der Waals surface area (Å²) in [5, 5.41) is 8.66. The molecule has 0 aromatic carbocycles. The zero-order valence-corrected chi connectivity index (χ0v) is 12.4. The van der Waals surface area contributed by atoms with Gasteiger partial charge in [0.1, 0.15) is 12.4 Å². The van der Waals surface area contributed by atoms with Gasteiger partial charge >= 0.3 is 0 Å². The Morgan fingerprint density at radius 2 is 1.88 bits per heavy atom. The van der Waals surface area contributed by atoms with Crippen LogP contribution in [0.25, 0.3) is 0 Å². The van der Waals surface area contributed by atoms with Crippen molar-refractivity contribution in [2.45, 2.75) is 58.5 Å². The van der Waals surface area contributed by atoms with E-state index < -0.39 is 0 Å². The summed E-state index contributed by atoms with van der Waals surface area (Å²) in [6.07, 6.45) is 13.5. The molecule has 100 valence electrons. The smallest absolute Gasteiger partial charge is 0.243 e. The molecule has 1 heterocycles. The maximum Gasteiger partial charge on any atom is 0.243 e. The molecule has 0 radical (unpaired) electrons. The van der Waals surface area contributed by atoms with Gasteiger partial charge < -0.3 is 22.1 Å². The highest BCUT2D eigenvalue weighted by Gasteiger charge is 2.02. The highest BCUT2D eigenvalue weighted by atomic mass is 79.9. The molecule has 0 saturated heterocycles. The largest absolute Gasteiger partial charge is 1.00 e. The highest BCUT2D eigenvalue weighted by molar-refractivity contribution is 4.65. The lowest BCUT2D eigenvalue weighted by Crippen LogP contribution is -3.00. The Labute approximate surface area is 115 Å². The molecule has 0 saturated carbocycles. The predicted octanol–water partition coefficient (Wildman–Crippen LogP) is -0.868. The molecule has 1 N–H and O–H groups in total. The minimum absolute atomic E-state index is 0. The summed E-state index contributed by atoms with van der Waals surface area (Å²) < 4.78 is 4.52. The first-order chi connectivity index (χ1) is 7.86. The van der Waals surface area contributed by atoms with Crippen LogP contribution < -0.4 is 21.5 Å². The Balaban J connectivity index is 0.00000256. The van der Waals surface area contributed by atoms with Crippen molar-refractivity contribution < 1.29 is 26.7 Å². The van der Waals surface area contributed by atoms with E-state index in [2.05, 4.69) is 34.8 Å². The summed E-state index contributed by atoms with van der Waals surface area (Å²) >= 11 is 0. The molecule has 0 bridgehead atoms. The minimum Gasteiger partial charge on any atom is -1.00 e. The average molecular weight is 305 g/mol. The lowest BCUT2D eigenvalue weighted by molar-refractivity contribution is -0.696. The van der Waals surface area contributed by atoms with Crippen molar-refractivity contribution in [2.75, 3.05) is 6.61 Å². The van der Waals surface area contributed by atoms with Crippen LogP contribution in [-0.4, -0.2) is 16.3 Å². The molecular formula is C13H25BrN2O. The summed E-state index contributed by atoms with van der Waals surface area (Å²) in [7, 11) is 0. The summed E-state index contributed by atoms with van der Waals surface area (Å²) in [6, 6.07) is 0. The zero-order valence-electron chi connectivity index (χ0n) is 10.8. The molecule has 0 spiro atoms.